The highest BCUT2D eigenvalue weighted by molar-refractivity contribution is 9.09. The molecule has 0 spiro atoms. The molecule has 0 N–H and O–H groups in total. The molecule has 0 radical (unpaired) electrons. The van der Waals surface area contributed by atoms with Crippen molar-refractivity contribution in [3.8, 4) is 0 Å². The van der Waals surface area contributed by atoms with Crippen LogP contribution in [0.25, 0.3) is 0 Å². The third-order valence-electron chi connectivity index (χ3n) is 2.37. The van der Waals surface area contributed by atoms with Gasteiger partial charge in [-0.05, 0) is 18.6 Å². The maximum atomic E-state index is 12.3. The summed E-state index contributed by atoms with van der Waals surface area (Å²) >= 11 is 3.29. The van der Waals surface area contributed by atoms with Crippen molar-refractivity contribution in [3.05, 3.63) is 24.5 Å². The summed E-state index contributed by atoms with van der Waals surface area (Å²) in [5.41, 5.74) is 0. The monoisotopic (exact) mass is 320 g/mol. The van der Waals surface area contributed by atoms with Crippen molar-refractivity contribution in [3.63, 3.8) is 0 Å². The van der Waals surface area contributed by atoms with Gasteiger partial charge in [-0.3, -0.25) is 4.98 Å². The SMILES string of the molecule is CCCCN(CCBr)S(=O)(=O)c1cccnc1. The first-order valence-electron chi connectivity index (χ1n) is 5.59. The molecule has 1 rings (SSSR count). The third kappa shape index (κ3) is 4.04. The second-order valence-electron chi connectivity index (χ2n) is 3.64. The molecule has 0 aromatic carbocycles. The summed E-state index contributed by atoms with van der Waals surface area (Å²) in [6.07, 6.45) is 4.80. The third-order valence-corrected chi connectivity index (χ3v) is 4.60. The van der Waals surface area contributed by atoms with Gasteiger partial charge in [0.25, 0.3) is 0 Å². The Kier molecular flexibility index (Phi) is 6.08. The lowest BCUT2D eigenvalue weighted by molar-refractivity contribution is 0.421. The van der Waals surface area contributed by atoms with Crippen molar-refractivity contribution >= 4 is 26.0 Å². The van der Waals surface area contributed by atoms with Gasteiger partial charge in [-0.25, -0.2) is 8.42 Å². The van der Waals surface area contributed by atoms with Crippen molar-refractivity contribution in [2.24, 2.45) is 0 Å². The number of sulfonamides is 1. The second kappa shape index (κ2) is 7.08. The van der Waals surface area contributed by atoms with Gasteiger partial charge in [-0.1, -0.05) is 29.3 Å². The standard InChI is InChI=1S/C11H17BrN2O2S/c1-2-3-8-14(9-6-12)17(15,16)11-5-4-7-13-10-11/h4-5,7,10H,2-3,6,8-9H2,1H3. The molecular formula is C11H17BrN2O2S. The van der Waals surface area contributed by atoms with Crippen LogP contribution in [-0.2, 0) is 10.0 Å². The first-order valence-corrected chi connectivity index (χ1v) is 8.15. The number of hydrogen-bond donors (Lipinski definition) is 0. The largest absolute Gasteiger partial charge is 0.263 e. The average molecular weight is 321 g/mol. The Morgan fingerprint density at radius 2 is 2.18 bits per heavy atom. The van der Waals surface area contributed by atoms with Crippen molar-refractivity contribution in [2.45, 2.75) is 24.7 Å². The van der Waals surface area contributed by atoms with Crippen LogP contribution in [0.5, 0.6) is 0 Å². The van der Waals surface area contributed by atoms with Crippen LogP contribution in [0, 0.1) is 0 Å². The smallest absolute Gasteiger partial charge is 0.244 e. The Bertz CT molecular complexity index is 422. The fourth-order valence-electron chi connectivity index (χ4n) is 1.43. The zero-order chi connectivity index (χ0) is 12.7. The zero-order valence-corrected chi connectivity index (χ0v) is 12.2. The summed E-state index contributed by atoms with van der Waals surface area (Å²) in [7, 11) is -3.39. The van der Waals surface area contributed by atoms with E-state index < -0.39 is 10.0 Å². The molecule has 6 heteroatoms. The van der Waals surface area contributed by atoms with Crippen molar-refractivity contribution < 1.29 is 8.42 Å². The maximum Gasteiger partial charge on any atom is 0.244 e. The Labute approximate surface area is 111 Å². The van der Waals surface area contributed by atoms with Crippen LogP contribution >= 0.6 is 15.9 Å². The molecule has 4 nitrogen and oxygen atoms in total. The summed E-state index contributed by atoms with van der Waals surface area (Å²) < 4.78 is 26.1. The van der Waals surface area contributed by atoms with Gasteiger partial charge in [0.2, 0.25) is 10.0 Å². The molecule has 0 amide bonds. The second-order valence-corrected chi connectivity index (χ2v) is 6.37. The Balaban J connectivity index is 2.92. The molecule has 1 aromatic rings. The van der Waals surface area contributed by atoms with E-state index in [1.807, 2.05) is 6.92 Å². The summed E-state index contributed by atoms with van der Waals surface area (Å²) in [5.74, 6) is 0. The van der Waals surface area contributed by atoms with Crippen LogP contribution in [-0.4, -0.2) is 36.1 Å². The molecule has 0 saturated carbocycles. The fraction of sp³-hybridized carbons (Fsp3) is 0.545. The highest BCUT2D eigenvalue weighted by Gasteiger charge is 2.23. The zero-order valence-electron chi connectivity index (χ0n) is 9.84. The topological polar surface area (TPSA) is 50.3 Å². The van der Waals surface area contributed by atoms with Gasteiger partial charge in [-0.2, -0.15) is 4.31 Å². The normalized spacial score (nSPS) is 11.9. The minimum absolute atomic E-state index is 0.261. The number of aromatic nitrogens is 1. The van der Waals surface area contributed by atoms with E-state index in [0.29, 0.717) is 18.4 Å². The van der Waals surface area contributed by atoms with Crippen LogP contribution in [0.4, 0.5) is 0 Å². The number of halogens is 1. The van der Waals surface area contributed by atoms with Gasteiger partial charge in [0.1, 0.15) is 4.90 Å². The first kappa shape index (κ1) is 14.6. The average Bonchev–Trinajstić information content (AvgIpc) is 2.35. The molecule has 0 fully saturated rings. The predicted octanol–water partition coefficient (Wildman–Crippen LogP) is 2.27. The Morgan fingerprint density at radius 1 is 1.41 bits per heavy atom. The lowest BCUT2D eigenvalue weighted by Gasteiger charge is -2.20. The summed E-state index contributed by atoms with van der Waals surface area (Å²) in [4.78, 5) is 4.12. The molecule has 0 unspecified atom stereocenters. The quantitative estimate of drug-likeness (QED) is 0.724. The van der Waals surface area contributed by atoms with Gasteiger partial charge < -0.3 is 0 Å². The summed E-state index contributed by atoms with van der Waals surface area (Å²) in [6, 6.07) is 3.22. The number of nitrogens with zero attached hydrogens (tertiary/aromatic N) is 2. The van der Waals surface area contributed by atoms with Crippen molar-refractivity contribution in [1.82, 2.24) is 9.29 Å². The fourth-order valence-corrected chi connectivity index (χ4v) is 3.54. The van der Waals surface area contributed by atoms with Gasteiger partial charge in [0.15, 0.2) is 0 Å². The van der Waals surface area contributed by atoms with E-state index in [-0.39, 0.29) is 4.90 Å². The molecule has 0 aliphatic rings. The molecule has 0 saturated heterocycles. The van der Waals surface area contributed by atoms with Gasteiger partial charge in [0.05, 0.1) is 0 Å². The highest BCUT2D eigenvalue weighted by Crippen LogP contribution is 2.15. The van der Waals surface area contributed by atoms with E-state index >= 15 is 0 Å². The molecule has 17 heavy (non-hydrogen) atoms. The maximum absolute atomic E-state index is 12.3. The summed E-state index contributed by atoms with van der Waals surface area (Å²) in [6.45, 7) is 3.08. The van der Waals surface area contributed by atoms with Crippen molar-refractivity contribution in [1.29, 1.82) is 0 Å². The van der Waals surface area contributed by atoms with E-state index in [1.165, 1.54) is 10.5 Å². The minimum Gasteiger partial charge on any atom is -0.263 e. The molecule has 0 aliphatic carbocycles. The Hall–Kier alpha value is -0.460. The van der Waals surface area contributed by atoms with Crippen molar-refractivity contribution in [2.75, 3.05) is 18.4 Å². The molecule has 1 aromatic heterocycles. The van der Waals surface area contributed by atoms with Crippen LogP contribution in [0.3, 0.4) is 0 Å². The molecular weight excluding hydrogens is 304 g/mol. The van der Waals surface area contributed by atoms with E-state index in [9.17, 15) is 8.42 Å². The first-order chi connectivity index (χ1) is 8.12. The molecule has 1 heterocycles. The highest BCUT2D eigenvalue weighted by atomic mass is 79.9. The Morgan fingerprint density at radius 3 is 2.71 bits per heavy atom. The number of hydrogen-bond acceptors (Lipinski definition) is 3. The van der Waals surface area contributed by atoms with E-state index in [0.717, 1.165) is 12.8 Å². The van der Waals surface area contributed by atoms with Crippen LogP contribution in [0.15, 0.2) is 29.4 Å². The van der Waals surface area contributed by atoms with Gasteiger partial charge in [0, 0.05) is 30.8 Å². The lowest BCUT2D eigenvalue weighted by Crippen LogP contribution is -2.33. The molecule has 0 aliphatic heterocycles. The van der Waals surface area contributed by atoms with E-state index in [4.69, 9.17) is 0 Å². The summed E-state index contributed by atoms with van der Waals surface area (Å²) in [5, 5.41) is 0.635. The van der Waals surface area contributed by atoms with Gasteiger partial charge >= 0.3 is 0 Å². The van der Waals surface area contributed by atoms with Crippen LogP contribution in [0.1, 0.15) is 19.8 Å². The number of unbranched alkanes of at least 4 members (excludes halogenated alkanes) is 1. The number of alkyl halides is 1. The minimum atomic E-state index is -3.39. The van der Waals surface area contributed by atoms with E-state index in [1.54, 1.807) is 18.3 Å². The predicted molar refractivity (Wildman–Crippen MR) is 71.7 cm³/mol. The number of rotatable bonds is 7. The van der Waals surface area contributed by atoms with Crippen LogP contribution in [0.2, 0.25) is 0 Å². The lowest BCUT2D eigenvalue weighted by atomic mass is 10.3. The van der Waals surface area contributed by atoms with E-state index in [2.05, 4.69) is 20.9 Å². The molecule has 0 bridgehead atoms. The van der Waals surface area contributed by atoms with Gasteiger partial charge in [-0.15, -0.1) is 0 Å². The molecule has 0 atom stereocenters. The molecule has 96 valence electrons. The number of pyridine rings is 1. The van der Waals surface area contributed by atoms with Crippen LogP contribution < -0.4 is 0 Å².